The smallest absolute Gasteiger partial charge is 0.336 e. The van der Waals surface area contributed by atoms with Gasteiger partial charge in [-0.1, -0.05) is 49.7 Å². The number of hydrogen-bond donors (Lipinski definition) is 3. The minimum Gasteiger partial charge on any atom is -0.478 e. The molecule has 0 spiro atoms. The summed E-state index contributed by atoms with van der Waals surface area (Å²) in [5.41, 5.74) is 2.49. The highest BCUT2D eigenvalue weighted by Crippen LogP contribution is 2.23. The number of benzene rings is 2. The highest BCUT2D eigenvalue weighted by Gasteiger charge is 2.22. The van der Waals surface area contributed by atoms with Crippen molar-refractivity contribution in [3.8, 4) is 0 Å². The van der Waals surface area contributed by atoms with Crippen LogP contribution >= 0.6 is 0 Å². The summed E-state index contributed by atoms with van der Waals surface area (Å²) in [7, 11) is 0. The Hall–Kier alpha value is -2.66. The lowest BCUT2D eigenvalue weighted by Gasteiger charge is -2.26. The first-order valence-electron chi connectivity index (χ1n) is 8.07. The number of amides is 1. The van der Waals surface area contributed by atoms with E-state index in [9.17, 15) is 19.8 Å². The van der Waals surface area contributed by atoms with Crippen LogP contribution in [0.15, 0.2) is 42.5 Å². The molecule has 0 atom stereocenters. The van der Waals surface area contributed by atoms with Crippen LogP contribution in [0.4, 0.5) is 0 Å². The second kappa shape index (κ2) is 7.49. The summed E-state index contributed by atoms with van der Waals surface area (Å²) in [4.78, 5) is 23.6. The summed E-state index contributed by atoms with van der Waals surface area (Å²) in [6, 6.07) is 12.4. The molecule has 0 saturated heterocycles. The fourth-order valence-corrected chi connectivity index (χ4v) is 2.63. The Kier molecular flexibility index (Phi) is 5.59. The molecule has 0 heterocycles. The maximum atomic E-state index is 12.4. The predicted molar refractivity (Wildman–Crippen MR) is 95.9 cm³/mol. The first-order chi connectivity index (χ1) is 11.7. The molecule has 0 fully saturated rings. The molecule has 132 valence electrons. The number of carbonyl (C=O) groups excluding carboxylic acids is 1. The van der Waals surface area contributed by atoms with Crippen LogP contribution in [0.5, 0.6) is 0 Å². The van der Waals surface area contributed by atoms with E-state index in [1.165, 1.54) is 18.2 Å². The van der Waals surface area contributed by atoms with Crippen molar-refractivity contribution >= 4 is 11.9 Å². The number of carbonyl (C=O) groups is 2. The van der Waals surface area contributed by atoms with Crippen LogP contribution in [-0.2, 0) is 12.0 Å². The van der Waals surface area contributed by atoms with E-state index in [-0.39, 0.29) is 34.6 Å². The average Bonchev–Trinajstić information content (AvgIpc) is 2.59. The summed E-state index contributed by atoms with van der Waals surface area (Å²) < 4.78 is 0. The number of rotatable bonds is 6. The second-order valence-electron chi connectivity index (χ2n) is 6.77. The van der Waals surface area contributed by atoms with E-state index < -0.39 is 5.97 Å². The zero-order valence-corrected chi connectivity index (χ0v) is 14.7. The van der Waals surface area contributed by atoms with Crippen LogP contribution in [-0.4, -0.2) is 28.6 Å². The summed E-state index contributed by atoms with van der Waals surface area (Å²) in [6.07, 6.45) is 0. The molecular weight excluding hydrogens is 318 g/mol. The summed E-state index contributed by atoms with van der Waals surface area (Å²) in [6.45, 7) is 6.14. The van der Waals surface area contributed by atoms with Gasteiger partial charge < -0.3 is 15.5 Å². The van der Waals surface area contributed by atoms with Crippen molar-refractivity contribution in [3.63, 3.8) is 0 Å². The summed E-state index contributed by atoms with van der Waals surface area (Å²) in [5.74, 6) is -1.51. The lowest BCUT2D eigenvalue weighted by Crippen LogP contribution is -2.36. The highest BCUT2D eigenvalue weighted by molar-refractivity contribution is 5.98. The number of aromatic carboxylic acids is 1. The van der Waals surface area contributed by atoms with Gasteiger partial charge in [0.05, 0.1) is 12.2 Å². The summed E-state index contributed by atoms with van der Waals surface area (Å²) >= 11 is 0. The number of carboxylic acid groups (broad SMARTS) is 1. The van der Waals surface area contributed by atoms with Gasteiger partial charge >= 0.3 is 5.97 Å². The molecule has 5 nitrogen and oxygen atoms in total. The van der Waals surface area contributed by atoms with Crippen LogP contribution in [0.2, 0.25) is 0 Å². The number of carboxylic acids is 1. The van der Waals surface area contributed by atoms with E-state index in [4.69, 9.17) is 0 Å². The van der Waals surface area contributed by atoms with E-state index in [0.29, 0.717) is 6.54 Å². The standard InChI is InChI=1S/C20H23NO4/c1-13-5-4-6-16(9-13)20(2,3)12-21-18(23)14-7-8-15(11-22)17(10-14)19(24)25/h4-10,22H,11-12H2,1-3H3,(H,21,23)(H,24,25). The minimum absolute atomic E-state index is 0.0619. The van der Waals surface area contributed by atoms with Crippen LogP contribution in [0.1, 0.15) is 51.3 Å². The van der Waals surface area contributed by atoms with E-state index in [1.54, 1.807) is 0 Å². The van der Waals surface area contributed by atoms with E-state index in [2.05, 4.69) is 11.4 Å². The SMILES string of the molecule is Cc1cccc(C(C)(C)CNC(=O)c2ccc(CO)c(C(=O)O)c2)c1. The van der Waals surface area contributed by atoms with Gasteiger partial charge in [-0.05, 0) is 30.2 Å². The lowest BCUT2D eigenvalue weighted by molar-refractivity contribution is 0.0693. The third-order valence-electron chi connectivity index (χ3n) is 4.26. The van der Waals surface area contributed by atoms with E-state index >= 15 is 0 Å². The fraction of sp³-hybridized carbons (Fsp3) is 0.300. The van der Waals surface area contributed by atoms with Crippen LogP contribution in [0.25, 0.3) is 0 Å². The molecular formula is C20H23NO4. The van der Waals surface area contributed by atoms with Gasteiger partial charge in [-0.2, -0.15) is 0 Å². The molecule has 0 saturated carbocycles. The summed E-state index contributed by atoms with van der Waals surface area (Å²) in [5, 5.41) is 21.3. The topological polar surface area (TPSA) is 86.6 Å². The Balaban J connectivity index is 2.14. The molecule has 0 aliphatic heterocycles. The van der Waals surface area contributed by atoms with Gasteiger partial charge in [-0.15, -0.1) is 0 Å². The molecule has 2 rings (SSSR count). The van der Waals surface area contributed by atoms with Crippen molar-refractivity contribution in [2.75, 3.05) is 6.54 Å². The van der Waals surface area contributed by atoms with Gasteiger partial charge in [0.15, 0.2) is 0 Å². The first kappa shape index (κ1) is 18.7. The van der Waals surface area contributed by atoms with Crippen molar-refractivity contribution in [2.45, 2.75) is 32.8 Å². The third kappa shape index (κ3) is 4.45. The van der Waals surface area contributed by atoms with Crippen molar-refractivity contribution < 1.29 is 19.8 Å². The van der Waals surface area contributed by atoms with Gasteiger partial charge in [0.1, 0.15) is 0 Å². The van der Waals surface area contributed by atoms with Crippen molar-refractivity contribution in [3.05, 3.63) is 70.3 Å². The Labute approximate surface area is 147 Å². The van der Waals surface area contributed by atoms with Gasteiger partial charge in [0, 0.05) is 17.5 Å². The normalized spacial score (nSPS) is 11.2. The third-order valence-corrected chi connectivity index (χ3v) is 4.26. The molecule has 3 N–H and O–H groups in total. The molecule has 2 aromatic rings. The van der Waals surface area contributed by atoms with Gasteiger partial charge in [-0.25, -0.2) is 4.79 Å². The molecule has 0 aliphatic rings. The Morgan fingerprint density at radius 2 is 1.84 bits per heavy atom. The fourth-order valence-electron chi connectivity index (χ4n) is 2.63. The number of aliphatic hydroxyl groups is 1. The van der Waals surface area contributed by atoms with Crippen LogP contribution in [0, 0.1) is 6.92 Å². The zero-order valence-electron chi connectivity index (χ0n) is 14.7. The predicted octanol–water partition coefficient (Wildman–Crippen LogP) is 2.89. The second-order valence-corrected chi connectivity index (χ2v) is 6.77. The maximum absolute atomic E-state index is 12.4. The molecule has 1 amide bonds. The first-order valence-corrected chi connectivity index (χ1v) is 8.07. The molecule has 0 radical (unpaired) electrons. The number of nitrogens with one attached hydrogen (secondary N) is 1. The number of aryl methyl sites for hydroxylation is 1. The largest absolute Gasteiger partial charge is 0.478 e. The Morgan fingerprint density at radius 3 is 2.44 bits per heavy atom. The molecule has 25 heavy (non-hydrogen) atoms. The molecule has 2 aromatic carbocycles. The Morgan fingerprint density at radius 1 is 1.12 bits per heavy atom. The minimum atomic E-state index is -1.17. The molecule has 0 aromatic heterocycles. The van der Waals surface area contributed by atoms with Crippen molar-refractivity contribution in [1.82, 2.24) is 5.32 Å². The lowest BCUT2D eigenvalue weighted by atomic mass is 9.84. The van der Waals surface area contributed by atoms with Crippen molar-refractivity contribution in [1.29, 1.82) is 0 Å². The molecule has 0 aliphatic carbocycles. The molecule has 0 bridgehead atoms. The van der Waals surface area contributed by atoms with Crippen LogP contribution in [0.3, 0.4) is 0 Å². The average molecular weight is 341 g/mol. The highest BCUT2D eigenvalue weighted by atomic mass is 16.4. The quantitative estimate of drug-likeness (QED) is 0.754. The number of aliphatic hydroxyl groups excluding tert-OH is 1. The Bertz CT molecular complexity index is 796. The van der Waals surface area contributed by atoms with Gasteiger partial charge in [0.25, 0.3) is 5.91 Å². The number of hydrogen-bond acceptors (Lipinski definition) is 3. The molecule has 0 unspecified atom stereocenters. The maximum Gasteiger partial charge on any atom is 0.336 e. The van der Waals surface area contributed by atoms with Gasteiger partial charge in [0.2, 0.25) is 0 Å². The monoisotopic (exact) mass is 341 g/mol. The van der Waals surface area contributed by atoms with E-state index in [0.717, 1.165) is 11.1 Å². The zero-order chi connectivity index (χ0) is 18.6. The van der Waals surface area contributed by atoms with Crippen molar-refractivity contribution in [2.24, 2.45) is 0 Å². The van der Waals surface area contributed by atoms with Gasteiger partial charge in [-0.3, -0.25) is 4.79 Å². The van der Waals surface area contributed by atoms with E-state index in [1.807, 2.05) is 39.0 Å². The van der Waals surface area contributed by atoms with Crippen LogP contribution < -0.4 is 5.32 Å². The molecule has 5 heteroatoms.